The van der Waals surface area contributed by atoms with Crippen molar-refractivity contribution in [3.05, 3.63) is 42.4 Å². The van der Waals surface area contributed by atoms with Crippen molar-refractivity contribution in [2.24, 2.45) is 0 Å². The summed E-state index contributed by atoms with van der Waals surface area (Å²) in [6, 6.07) is 8.11. The molecule has 0 spiro atoms. The molecule has 7 heteroatoms. The van der Waals surface area contributed by atoms with Crippen LogP contribution in [-0.2, 0) is 6.61 Å². The fourth-order valence-corrected chi connectivity index (χ4v) is 2.47. The molecule has 0 bridgehead atoms. The monoisotopic (exact) mass is 282 g/mol. The van der Waals surface area contributed by atoms with Gasteiger partial charge in [0.05, 0.1) is 36.1 Å². The van der Waals surface area contributed by atoms with Gasteiger partial charge in [0.2, 0.25) is 0 Å². The Morgan fingerprint density at radius 2 is 2.00 bits per heavy atom. The van der Waals surface area contributed by atoms with Crippen molar-refractivity contribution in [2.45, 2.75) is 12.6 Å². The first-order chi connectivity index (χ1) is 10.3. The van der Waals surface area contributed by atoms with Gasteiger partial charge in [0, 0.05) is 13.1 Å². The average Bonchev–Trinajstić information content (AvgIpc) is 2.94. The van der Waals surface area contributed by atoms with Crippen LogP contribution in [-0.4, -0.2) is 43.2 Å². The largest absolute Gasteiger partial charge is 0.390 e. The Hall–Kier alpha value is -2.54. The summed E-state index contributed by atoms with van der Waals surface area (Å²) >= 11 is 0. The molecule has 0 aliphatic carbocycles. The van der Waals surface area contributed by atoms with E-state index in [4.69, 9.17) is 5.11 Å². The van der Waals surface area contributed by atoms with E-state index >= 15 is 0 Å². The maximum absolute atomic E-state index is 9.01. The van der Waals surface area contributed by atoms with Crippen molar-refractivity contribution in [1.29, 1.82) is 0 Å². The lowest BCUT2D eigenvalue weighted by molar-refractivity contribution is 0.276. The minimum Gasteiger partial charge on any atom is -0.390 e. The predicted molar refractivity (Wildman–Crippen MR) is 76.7 cm³/mol. The molecule has 2 aromatic heterocycles. The number of anilines is 1. The van der Waals surface area contributed by atoms with Crippen LogP contribution in [0.4, 0.5) is 5.82 Å². The van der Waals surface area contributed by atoms with E-state index in [0.717, 1.165) is 29.9 Å². The Balaban J connectivity index is 1.51. The summed E-state index contributed by atoms with van der Waals surface area (Å²) in [6.45, 7) is 1.56. The van der Waals surface area contributed by atoms with Crippen molar-refractivity contribution in [2.75, 3.05) is 18.0 Å². The quantitative estimate of drug-likeness (QED) is 0.764. The molecule has 7 nitrogen and oxygen atoms in total. The topological polar surface area (TPSA) is 80.0 Å². The van der Waals surface area contributed by atoms with E-state index in [9.17, 15) is 0 Å². The molecule has 0 amide bonds. The highest BCUT2D eigenvalue weighted by molar-refractivity contribution is 5.75. The fraction of sp³-hybridized carbons (Fsp3) is 0.286. The second kappa shape index (κ2) is 4.78. The van der Waals surface area contributed by atoms with Crippen LogP contribution in [0.1, 0.15) is 11.7 Å². The first-order valence-electron chi connectivity index (χ1n) is 6.82. The number of fused-ring (bicyclic) bond motifs is 1. The first-order valence-corrected chi connectivity index (χ1v) is 6.82. The van der Waals surface area contributed by atoms with Crippen molar-refractivity contribution in [3.63, 3.8) is 0 Å². The van der Waals surface area contributed by atoms with Gasteiger partial charge in [-0.1, -0.05) is 17.3 Å². The molecule has 1 aromatic carbocycles. The van der Waals surface area contributed by atoms with Crippen molar-refractivity contribution >= 4 is 16.9 Å². The normalized spacial score (nSPS) is 15.4. The third-order valence-electron chi connectivity index (χ3n) is 3.72. The Morgan fingerprint density at radius 1 is 1.19 bits per heavy atom. The molecule has 1 N–H and O–H groups in total. The van der Waals surface area contributed by atoms with E-state index in [0.29, 0.717) is 5.69 Å². The van der Waals surface area contributed by atoms with Gasteiger partial charge in [0.15, 0.2) is 0 Å². The van der Waals surface area contributed by atoms with Crippen molar-refractivity contribution < 1.29 is 5.11 Å². The lowest BCUT2D eigenvalue weighted by Crippen LogP contribution is -2.48. The van der Waals surface area contributed by atoms with E-state index in [1.807, 2.05) is 24.3 Å². The summed E-state index contributed by atoms with van der Waals surface area (Å²) in [6.07, 6.45) is 3.59. The molecule has 3 aromatic rings. The number of aliphatic hydroxyl groups is 1. The Labute approximate surface area is 120 Å². The van der Waals surface area contributed by atoms with E-state index < -0.39 is 0 Å². The van der Waals surface area contributed by atoms with Crippen LogP contribution < -0.4 is 4.90 Å². The zero-order chi connectivity index (χ0) is 14.2. The van der Waals surface area contributed by atoms with Gasteiger partial charge < -0.3 is 10.0 Å². The highest BCUT2D eigenvalue weighted by Crippen LogP contribution is 2.26. The molecule has 3 heterocycles. The third kappa shape index (κ3) is 2.11. The first kappa shape index (κ1) is 12.2. The van der Waals surface area contributed by atoms with Crippen molar-refractivity contribution in [1.82, 2.24) is 25.0 Å². The highest BCUT2D eigenvalue weighted by atomic mass is 16.3. The maximum atomic E-state index is 9.01. The van der Waals surface area contributed by atoms with E-state index in [2.05, 4.69) is 25.2 Å². The Kier molecular flexibility index (Phi) is 2.78. The van der Waals surface area contributed by atoms with Crippen LogP contribution >= 0.6 is 0 Å². The molecule has 0 unspecified atom stereocenters. The summed E-state index contributed by atoms with van der Waals surface area (Å²) in [7, 11) is 0. The molecule has 106 valence electrons. The average molecular weight is 282 g/mol. The lowest BCUT2D eigenvalue weighted by atomic mass is 10.1. The van der Waals surface area contributed by atoms with Gasteiger partial charge in [-0.25, -0.2) is 9.67 Å². The van der Waals surface area contributed by atoms with Gasteiger partial charge in [0.1, 0.15) is 11.5 Å². The third-order valence-corrected chi connectivity index (χ3v) is 3.72. The number of aliphatic hydroxyl groups excluding tert-OH is 1. The number of para-hydroxylation sites is 2. The second-order valence-corrected chi connectivity index (χ2v) is 5.12. The summed E-state index contributed by atoms with van der Waals surface area (Å²) in [4.78, 5) is 11.2. The predicted octanol–water partition coefficient (Wildman–Crippen LogP) is 0.775. The van der Waals surface area contributed by atoms with E-state index in [-0.39, 0.29) is 12.6 Å². The van der Waals surface area contributed by atoms with Crippen molar-refractivity contribution in [3.8, 4) is 0 Å². The van der Waals surface area contributed by atoms with Gasteiger partial charge >= 0.3 is 0 Å². The van der Waals surface area contributed by atoms with Crippen LogP contribution in [0.2, 0.25) is 0 Å². The zero-order valence-electron chi connectivity index (χ0n) is 11.3. The molecular formula is C14H14N6O. The lowest BCUT2D eigenvalue weighted by Gasteiger charge is -2.39. The molecule has 1 fully saturated rings. The summed E-state index contributed by atoms with van der Waals surface area (Å²) in [5.74, 6) is 0.882. The standard InChI is InChI=1S/C14H14N6O/c21-9-10-6-20(18-17-10)11-7-19(8-11)14-5-15-12-3-1-2-4-13(12)16-14/h1-6,11,21H,7-9H2. The molecule has 0 atom stereocenters. The minimum atomic E-state index is -0.0768. The Bertz CT molecular complexity index is 780. The molecule has 1 aliphatic heterocycles. The number of benzene rings is 1. The van der Waals surface area contributed by atoms with Crippen LogP contribution in [0.5, 0.6) is 0 Å². The molecule has 1 saturated heterocycles. The zero-order valence-corrected chi connectivity index (χ0v) is 11.3. The molecule has 4 rings (SSSR count). The molecular weight excluding hydrogens is 268 g/mol. The van der Waals surface area contributed by atoms with Gasteiger partial charge in [-0.05, 0) is 12.1 Å². The van der Waals surface area contributed by atoms with E-state index in [1.54, 1.807) is 17.1 Å². The van der Waals surface area contributed by atoms with Gasteiger partial charge in [-0.3, -0.25) is 4.98 Å². The summed E-state index contributed by atoms with van der Waals surface area (Å²) in [5.41, 5.74) is 2.41. The van der Waals surface area contributed by atoms with Gasteiger partial charge in [-0.2, -0.15) is 0 Å². The van der Waals surface area contributed by atoms with Gasteiger partial charge in [0.25, 0.3) is 0 Å². The molecule has 1 aliphatic rings. The fourth-order valence-electron chi connectivity index (χ4n) is 2.47. The Morgan fingerprint density at radius 3 is 2.76 bits per heavy atom. The minimum absolute atomic E-state index is 0.0768. The van der Waals surface area contributed by atoms with Crippen LogP contribution in [0.3, 0.4) is 0 Å². The highest BCUT2D eigenvalue weighted by Gasteiger charge is 2.30. The molecule has 0 saturated carbocycles. The summed E-state index contributed by atoms with van der Waals surface area (Å²) < 4.78 is 1.80. The number of hydrogen-bond acceptors (Lipinski definition) is 6. The van der Waals surface area contributed by atoms with Crippen LogP contribution in [0, 0.1) is 0 Å². The van der Waals surface area contributed by atoms with Crippen LogP contribution in [0.15, 0.2) is 36.7 Å². The van der Waals surface area contributed by atoms with Gasteiger partial charge in [-0.15, -0.1) is 5.10 Å². The SMILES string of the molecule is OCc1cn(C2CN(c3cnc4ccccc4n3)C2)nn1. The smallest absolute Gasteiger partial charge is 0.147 e. The number of nitrogens with zero attached hydrogens (tertiary/aromatic N) is 6. The second-order valence-electron chi connectivity index (χ2n) is 5.12. The van der Waals surface area contributed by atoms with Crippen LogP contribution in [0.25, 0.3) is 11.0 Å². The number of aromatic nitrogens is 5. The molecule has 0 radical (unpaired) electrons. The van der Waals surface area contributed by atoms with E-state index in [1.165, 1.54) is 0 Å². The maximum Gasteiger partial charge on any atom is 0.147 e. The summed E-state index contributed by atoms with van der Waals surface area (Å²) in [5, 5.41) is 16.9. The number of rotatable bonds is 3. The molecule has 21 heavy (non-hydrogen) atoms. The number of hydrogen-bond donors (Lipinski definition) is 1.